The van der Waals surface area contributed by atoms with Crippen LogP contribution in [0.3, 0.4) is 0 Å². The van der Waals surface area contributed by atoms with Crippen LogP contribution in [0.1, 0.15) is 29.9 Å². The molecule has 0 aliphatic rings. The summed E-state index contributed by atoms with van der Waals surface area (Å²) < 4.78 is 0. The average molecular weight is 379 g/mol. The summed E-state index contributed by atoms with van der Waals surface area (Å²) in [6.45, 7) is 3.15. The Bertz CT molecular complexity index is 1200. The summed E-state index contributed by atoms with van der Waals surface area (Å²) in [4.78, 5) is 31.4. The van der Waals surface area contributed by atoms with Crippen molar-refractivity contribution in [1.82, 2.24) is 4.98 Å². The van der Waals surface area contributed by atoms with E-state index in [0.717, 1.165) is 22.0 Å². The molecule has 1 heterocycles. The van der Waals surface area contributed by atoms with Gasteiger partial charge in [0.2, 0.25) is 0 Å². The molecule has 0 aliphatic carbocycles. The maximum atomic E-state index is 13.6. The molecule has 142 valence electrons. The highest BCUT2D eigenvalue weighted by atomic mass is 16.2. The molecule has 3 aromatic carbocycles. The predicted octanol–water partition coefficient (Wildman–Crippen LogP) is 5.63. The molecule has 1 aromatic heterocycles. The number of carbonyl (C=O) groups excluding carboxylic acids is 2. The summed E-state index contributed by atoms with van der Waals surface area (Å²) in [7, 11) is 0. The Morgan fingerprint density at radius 3 is 2.03 bits per heavy atom. The number of fused-ring (bicyclic) bond motifs is 1. The largest absolute Gasteiger partial charge is 0.298 e. The van der Waals surface area contributed by atoms with Crippen molar-refractivity contribution >= 4 is 22.5 Å². The highest BCUT2D eigenvalue weighted by Crippen LogP contribution is 2.37. The zero-order valence-electron chi connectivity index (χ0n) is 16.4. The van der Waals surface area contributed by atoms with Gasteiger partial charge in [-0.25, -0.2) is 0 Å². The molecule has 0 spiro atoms. The second-order valence-electron chi connectivity index (χ2n) is 7.32. The first-order valence-electron chi connectivity index (χ1n) is 9.58. The minimum absolute atomic E-state index is 0.230. The lowest BCUT2D eigenvalue weighted by atomic mass is 9.73. The topological polar surface area (TPSA) is 47.0 Å². The first-order valence-corrected chi connectivity index (χ1v) is 9.58. The van der Waals surface area contributed by atoms with Crippen molar-refractivity contribution in [3.63, 3.8) is 0 Å². The second kappa shape index (κ2) is 7.44. The summed E-state index contributed by atoms with van der Waals surface area (Å²) in [5.74, 6) is -0.475. The summed E-state index contributed by atoms with van der Waals surface area (Å²) >= 11 is 0. The van der Waals surface area contributed by atoms with E-state index in [1.165, 1.54) is 6.92 Å². The molecule has 0 fully saturated rings. The number of aromatic nitrogens is 1. The normalized spacial score (nSPS) is 13.0. The van der Waals surface area contributed by atoms with Gasteiger partial charge >= 0.3 is 0 Å². The van der Waals surface area contributed by atoms with Crippen LogP contribution in [0.5, 0.6) is 0 Å². The summed E-state index contributed by atoms with van der Waals surface area (Å²) in [5, 5.41) is 0.966. The van der Waals surface area contributed by atoms with Gasteiger partial charge in [0.1, 0.15) is 11.2 Å². The van der Waals surface area contributed by atoms with E-state index >= 15 is 0 Å². The molecule has 3 nitrogen and oxygen atoms in total. The number of Topliss-reactive ketones (excluding diaryl/α,β-unsaturated/α-hetero) is 2. The molecule has 0 bridgehead atoms. The third-order valence-electron chi connectivity index (χ3n) is 5.48. The van der Waals surface area contributed by atoms with Gasteiger partial charge < -0.3 is 0 Å². The molecule has 0 saturated carbocycles. The third kappa shape index (κ3) is 3.25. The maximum absolute atomic E-state index is 13.6. The molecule has 0 aliphatic heterocycles. The van der Waals surface area contributed by atoms with Crippen molar-refractivity contribution in [3.05, 3.63) is 102 Å². The van der Waals surface area contributed by atoms with Crippen LogP contribution >= 0.6 is 0 Å². The van der Waals surface area contributed by atoms with Crippen LogP contribution < -0.4 is 0 Å². The zero-order chi connectivity index (χ0) is 20.4. The fourth-order valence-corrected chi connectivity index (χ4v) is 3.65. The van der Waals surface area contributed by atoms with E-state index in [1.54, 1.807) is 31.2 Å². The van der Waals surface area contributed by atoms with Crippen LogP contribution in [0.4, 0.5) is 0 Å². The lowest BCUT2D eigenvalue weighted by molar-refractivity contribution is -0.120. The number of hydrogen-bond donors (Lipinski definition) is 0. The summed E-state index contributed by atoms with van der Waals surface area (Å²) in [6.07, 6.45) is 0. The molecule has 1 atom stereocenters. The standard InChI is InChI=1S/C26H21NO2/c1-18(28)26(2,25(29)20-13-7-4-8-14-20)24-22(19-11-5-3-6-12-19)17-21-15-9-10-16-23(21)27-24/h3-17H,1-2H3. The SMILES string of the molecule is CC(=O)C(C)(C(=O)c1ccccc1)c1nc2ccccc2cc1-c1ccccc1. The van der Waals surface area contributed by atoms with Gasteiger partial charge in [0, 0.05) is 16.5 Å². The van der Waals surface area contributed by atoms with Crippen LogP contribution in [-0.4, -0.2) is 16.6 Å². The average Bonchev–Trinajstić information content (AvgIpc) is 2.78. The van der Waals surface area contributed by atoms with Gasteiger partial charge in [-0.2, -0.15) is 0 Å². The smallest absolute Gasteiger partial charge is 0.182 e. The van der Waals surface area contributed by atoms with Crippen molar-refractivity contribution in [2.24, 2.45) is 0 Å². The van der Waals surface area contributed by atoms with Gasteiger partial charge in [0.25, 0.3) is 0 Å². The summed E-state index contributed by atoms with van der Waals surface area (Å²) in [5.41, 5.74) is 2.08. The molecule has 0 saturated heterocycles. The number of carbonyl (C=O) groups is 2. The Hall–Kier alpha value is -3.59. The van der Waals surface area contributed by atoms with Gasteiger partial charge in [-0.05, 0) is 31.5 Å². The van der Waals surface area contributed by atoms with Crippen molar-refractivity contribution in [2.75, 3.05) is 0 Å². The minimum Gasteiger partial charge on any atom is -0.298 e. The van der Waals surface area contributed by atoms with Crippen molar-refractivity contribution in [1.29, 1.82) is 0 Å². The Morgan fingerprint density at radius 1 is 0.793 bits per heavy atom. The predicted molar refractivity (Wildman–Crippen MR) is 116 cm³/mol. The number of nitrogens with zero attached hydrogens (tertiary/aromatic N) is 1. The van der Waals surface area contributed by atoms with Gasteiger partial charge in [-0.15, -0.1) is 0 Å². The number of para-hydroxylation sites is 1. The van der Waals surface area contributed by atoms with Crippen LogP contribution in [0.15, 0.2) is 91.0 Å². The molecule has 0 amide bonds. The molecule has 0 N–H and O–H groups in total. The Morgan fingerprint density at radius 2 is 1.38 bits per heavy atom. The summed E-state index contributed by atoms with van der Waals surface area (Å²) in [6, 6.07) is 28.5. The first-order chi connectivity index (χ1) is 14.0. The number of hydrogen-bond acceptors (Lipinski definition) is 3. The highest BCUT2D eigenvalue weighted by Gasteiger charge is 2.43. The molecular weight excluding hydrogens is 358 g/mol. The minimum atomic E-state index is -1.39. The quantitative estimate of drug-likeness (QED) is 0.333. The zero-order valence-corrected chi connectivity index (χ0v) is 16.4. The van der Waals surface area contributed by atoms with Crippen molar-refractivity contribution in [3.8, 4) is 11.1 Å². The Balaban J connectivity index is 2.03. The Kier molecular flexibility index (Phi) is 4.81. The van der Waals surface area contributed by atoms with E-state index in [-0.39, 0.29) is 11.6 Å². The first kappa shape index (κ1) is 18.8. The number of pyridine rings is 1. The number of benzene rings is 3. The van der Waals surface area contributed by atoms with Crippen molar-refractivity contribution < 1.29 is 9.59 Å². The van der Waals surface area contributed by atoms with Gasteiger partial charge in [-0.3, -0.25) is 14.6 Å². The molecule has 3 heteroatoms. The van der Waals surface area contributed by atoms with E-state index in [1.807, 2.05) is 66.7 Å². The van der Waals surface area contributed by atoms with E-state index < -0.39 is 5.41 Å². The van der Waals surface area contributed by atoms with Crippen molar-refractivity contribution in [2.45, 2.75) is 19.3 Å². The highest BCUT2D eigenvalue weighted by molar-refractivity contribution is 6.19. The van der Waals surface area contributed by atoms with E-state index in [0.29, 0.717) is 11.3 Å². The Labute approximate surface area is 170 Å². The van der Waals surface area contributed by atoms with Crippen LogP contribution in [-0.2, 0) is 10.2 Å². The lowest BCUT2D eigenvalue weighted by Crippen LogP contribution is -2.41. The monoisotopic (exact) mass is 379 g/mol. The van der Waals surface area contributed by atoms with E-state index in [2.05, 4.69) is 0 Å². The fraction of sp³-hybridized carbons (Fsp3) is 0.115. The molecule has 0 radical (unpaired) electrons. The van der Waals surface area contributed by atoms with Gasteiger partial charge in [0.15, 0.2) is 5.78 Å². The molecular formula is C26H21NO2. The number of ketones is 2. The van der Waals surface area contributed by atoms with Crippen LogP contribution in [0.2, 0.25) is 0 Å². The van der Waals surface area contributed by atoms with Gasteiger partial charge in [-0.1, -0.05) is 78.9 Å². The van der Waals surface area contributed by atoms with E-state index in [4.69, 9.17) is 4.98 Å². The molecule has 4 rings (SSSR count). The van der Waals surface area contributed by atoms with E-state index in [9.17, 15) is 9.59 Å². The fourth-order valence-electron chi connectivity index (χ4n) is 3.65. The third-order valence-corrected chi connectivity index (χ3v) is 5.48. The second-order valence-corrected chi connectivity index (χ2v) is 7.32. The van der Waals surface area contributed by atoms with Gasteiger partial charge in [0.05, 0.1) is 11.2 Å². The van der Waals surface area contributed by atoms with Crippen LogP contribution in [0, 0.1) is 0 Å². The lowest BCUT2D eigenvalue weighted by Gasteiger charge is -2.28. The maximum Gasteiger partial charge on any atom is 0.182 e. The number of rotatable bonds is 5. The van der Waals surface area contributed by atoms with Crippen LogP contribution in [0.25, 0.3) is 22.0 Å². The molecule has 29 heavy (non-hydrogen) atoms. The molecule has 1 unspecified atom stereocenters. The molecule has 4 aromatic rings.